The number of para-hydroxylation sites is 1. The highest BCUT2D eigenvalue weighted by Crippen LogP contribution is 2.33. The first-order chi connectivity index (χ1) is 18.8. The van der Waals surface area contributed by atoms with Crippen molar-refractivity contribution in [2.24, 2.45) is 0 Å². The Balaban J connectivity index is 0.00000220. The van der Waals surface area contributed by atoms with Crippen LogP contribution >= 0.6 is 24.8 Å². The van der Waals surface area contributed by atoms with E-state index in [1.165, 1.54) is 86.5 Å². The molecule has 0 fully saturated rings. The van der Waals surface area contributed by atoms with E-state index in [0.717, 1.165) is 42.4 Å². The molecule has 1 aliphatic rings. The maximum Gasteiger partial charge on any atom is 0.146 e. The van der Waals surface area contributed by atoms with Gasteiger partial charge in [-0.3, -0.25) is 9.97 Å². The van der Waals surface area contributed by atoms with Crippen molar-refractivity contribution >= 4 is 52.3 Å². The van der Waals surface area contributed by atoms with Gasteiger partial charge >= 0.3 is 0 Å². The van der Waals surface area contributed by atoms with Gasteiger partial charge in [0.25, 0.3) is 0 Å². The number of pyridine rings is 2. The summed E-state index contributed by atoms with van der Waals surface area (Å²) in [4.78, 5) is 9.26. The topological polar surface area (TPSA) is 70.1 Å². The number of halogens is 2. The molecular formula is C33H44Cl2N4O. The molecule has 2 heterocycles. The Hall–Kier alpha value is -2.60. The Bertz CT molecular complexity index is 1350. The number of hydrogen-bond acceptors (Lipinski definition) is 5. The van der Waals surface area contributed by atoms with Crippen LogP contribution < -0.4 is 10.6 Å². The average molecular weight is 584 g/mol. The Morgan fingerprint density at radius 2 is 1.48 bits per heavy atom. The summed E-state index contributed by atoms with van der Waals surface area (Å²) < 4.78 is 0. The van der Waals surface area contributed by atoms with Crippen LogP contribution in [0.15, 0.2) is 54.7 Å². The summed E-state index contributed by atoms with van der Waals surface area (Å²) in [5, 5.41) is 20.0. The van der Waals surface area contributed by atoms with Crippen LogP contribution in [-0.4, -0.2) is 28.2 Å². The largest absolute Gasteiger partial charge is 0.505 e. The number of aryl methyl sites for hydroxylation is 1. The summed E-state index contributed by atoms with van der Waals surface area (Å²) in [5.74, 6) is 0.305. The third-order valence-electron chi connectivity index (χ3n) is 7.90. The molecule has 2 aromatic heterocycles. The summed E-state index contributed by atoms with van der Waals surface area (Å²) in [5.41, 5.74) is 6.88. The van der Waals surface area contributed by atoms with Crippen LogP contribution in [0.4, 0.5) is 5.69 Å². The SMILES string of the molecule is Cl.Cl.Oc1c(CNCCCCCCCCCCNc2c3c(nc4ccccc24)CCCC3)ccc2cccnc12. The van der Waals surface area contributed by atoms with Gasteiger partial charge in [-0.05, 0) is 62.8 Å². The van der Waals surface area contributed by atoms with Gasteiger partial charge in [-0.25, -0.2) is 0 Å². The van der Waals surface area contributed by atoms with Crippen LogP contribution in [-0.2, 0) is 19.4 Å². The lowest BCUT2D eigenvalue weighted by Crippen LogP contribution is -2.14. The number of phenolic OH excluding ortho intramolecular Hbond substituents is 1. The molecule has 4 aromatic rings. The first-order valence-corrected chi connectivity index (χ1v) is 14.7. The lowest BCUT2D eigenvalue weighted by atomic mass is 9.92. The molecule has 0 saturated heterocycles. The number of hydrogen-bond donors (Lipinski definition) is 3. The molecule has 0 atom stereocenters. The van der Waals surface area contributed by atoms with Crippen LogP contribution in [0.3, 0.4) is 0 Å². The number of phenols is 1. The molecule has 1 aliphatic carbocycles. The van der Waals surface area contributed by atoms with Crippen LogP contribution in [0, 0.1) is 0 Å². The van der Waals surface area contributed by atoms with Crippen LogP contribution in [0.1, 0.15) is 81.0 Å². The Kier molecular flexibility index (Phi) is 13.3. The van der Waals surface area contributed by atoms with E-state index >= 15 is 0 Å². The number of aromatic nitrogens is 2. The van der Waals surface area contributed by atoms with Crippen molar-refractivity contribution < 1.29 is 5.11 Å². The van der Waals surface area contributed by atoms with E-state index in [9.17, 15) is 5.11 Å². The fourth-order valence-electron chi connectivity index (χ4n) is 5.76. The predicted octanol–water partition coefficient (Wildman–Crippen LogP) is 8.53. The minimum atomic E-state index is 0. The van der Waals surface area contributed by atoms with Gasteiger partial charge in [-0.15, -0.1) is 24.8 Å². The highest BCUT2D eigenvalue weighted by atomic mass is 35.5. The molecule has 0 unspecified atom stereocenters. The van der Waals surface area contributed by atoms with E-state index in [1.54, 1.807) is 6.20 Å². The number of benzene rings is 2. The van der Waals surface area contributed by atoms with Gasteiger partial charge in [0.1, 0.15) is 11.3 Å². The molecule has 216 valence electrons. The van der Waals surface area contributed by atoms with Crippen LogP contribution in [0.25, 0.3) is 21.8 Å². The monoisotopic (exact) mass is 582 g/mol. The Morgan fingerprint density at radius 1 is 0.750 bits per heavy atom. The second-order valence-corrected chi connectivity index (χ2v) is 10.7. The standard InChI is InChI=1S/C33H42N4O.2ClH/c38-33-26(20-19-25-14-13-23-35-31(25)33)24-34-21-11-5-3-1-2-4-6-12-22-36-32-27-15-7-9-17-29(27)37-30-18-10-8-16-28(30)32;;/h7,9,13-15,17,19-20,23,34,38H,1-6,8,10-12,16,18,21-22,24H2,(H,36,37);2*1H. The highest BCUT2D eigenvalue weighted by molar-refractivity contribution is 5.93. The summed E-state index contributed by atoms with van der Waals surface area (Å²) in [7, 11) is 0. The Labute approximate surface area is 251 Å². The fraction of sp³-hybridized carbons (Fsp3) is 0.455. The van der Waals surface area contributed by atoms with Crippen LogP contribution in [0.2, 0.25) is 0 Å². The minimum absolute atomic E-state index is 0. The molecule has 7 heteroatoms. The summed E-state index contributed by atoms with van der Waals surface area (Å²) in [6, 6.07) is 16.5. The normalized spacial score (nSPS) is 12.5. The maximum absolute atomic E-state index is 10.5. The molecule has 5 nitrogen and oxygen atoms in total. The minimum Gasteiger partial charge on any atom is -0.505 e. The first kappa shape index (κ1) is 31.9. The molecule has 2 aromatic carbocycles. The van der Waals surface area contributed by atoms with Crippen molar-refractivity contribution in [2.45, 2.75) is 83.6 Å². The van der Waals surface area contributed by atoms with Gasteiger partial charge in [0, 0.05) is 47.0 Å². The quantitative estimate of drug-likeness (QED) is 0.130. The predicted molar refractivity (Wildman–Crippen MR) is 173 cm³/mol. The molecule has 0 spiro atoms. The number of unbranched alkanes of at least 4 members (excludes halogenated alkanes) is 7. The lowest BCUT2D eigenvalue weighted by Gasteiger charge is -2.21. The molecular weight excluding hydrogens is 539 g/mol. The smallest absolute Gasteiger partial charge is 0.146 e. The second-order valence-electron chi connectivity index (χ2n) is 10.7. The van der Waals surface area contributed by atoms with E-state index in [-0.39, 0.29) is 24.8 Å². The lowest BCUT2D eigenvalue weighted by molar-refractivity contribution is 0.468. The fourth-order valence-corrected chi connectivity index (χ4v) is 5.76. The molecule has 0 saturated carbocycles. The van der Waals surface area contributed by atoms with Crippen LogP contribution in [0.5, 0.6) is 5.75 Å². The number of anilines is 1. The zero-order chi connectivity index (χ0) is 26.0. The van der Waals surface area contributed by atoms with Crippen molar-refractivity contribution in [3.8, 4) is 5.75 Å². The number of nitrogens with zero attached hydrogens (tertiary/aromatic N) is 2. The third kappa shape index (κ3) is 8.22. The van der Waals surface area contributed by atoms with E-state index in [4.69, 9.17) is 4.98 Å². The van der Waals surface area contributed by atoms with E-state index in [2.05, 4.69) is 39.9 Å². The maximum atomic E-state index is 10.5. The average Bonchev–Trinajstić information content (AvgIpc) is 2.96. The molecule has 0 bridgehead atoms. The van der Waals surface area contributed by atoms with Crippen molar-refractivity contribution in [3.63, 3.8) is 0 Å². The molecule has 0 aliphatic heterocycles. The van der Waals surface area contributed by atoms with Gasteiger partial charge in [0.05, 0.1) is 5.52 Å². The third-order valence-corrected chi connectivity index (χ3v) is 7.90. The molecule has 5 rings (SSSR count). The molecule has 40 heavy (non-hydrogen) atoms. The van der Waals surface area contributed by atoms with Crippen molar-refractivity contribution in [3.05, 3.63) is 71.5 Å². The van der Waals surface area contributed by atoms with Gasteiger partial charge < -0.3 is 15.7 Å². The van der Waals surface area contributed by atoms with Crippen molar-refractivity contribution in [1.29, 1.82) is 0 Å². The molecule has 0 radical (unpaired) electrons. The summed E-state index contributed by atoms with van der Waals surface area (Å²) in [6.45, 7) is 2.72. The Morgan fingerprint density at radius 3 is 2.30 bits per heavy atom. The van der Waals surface area contributed by atoms with E-state index < -0.39 is 0 Å². The molecule has 3 N–H and O–H groups in total. The first-order valence-electron chi connectivity index (χ1n) is 14.7. The van der Waals surface area contributed by atoms with E-state index in [1.807, 2.05) is 24.3 Å². The molecule has 0 amide bonds. The number of nitrogens with one attached hydrogen (secondary N) is 2. The van der Waals surface area contributed by atoms with Gasteiger partial charge in [-0.2, -0.15) is 0 Å². The zero-order valence-electron chi connectivity index (χ0n) is 23.5. The zero-order valence-corrected chi connectivity index (χ0v) is 25.1. The van der Waals surface area contributed by atoms with Crippen molar-refractivity contribution in [2.75, 3.05) is 18.4 Å². The summed E-state index contributed by atoms with van der Waals surface area (Å²) in [6.07, 6.45) is 16.8. The number of aromatic hydroxyl groups is 1. The number of rotatable bonds is 14. The van der Waals surface area contributed by atoms with Gasteiger partial charge in [-0.1, -0.05) is 74.9 Å². The van der Waals surface area contributed by atoms with Gasteiger partial charge in [0.15, 0.2) is 0 Å². The van der Waals surface area contributed by atoms with Gasteiger partial charge in [0.2, 0.25) is 0 Å². The van der Waals surface area contributed by atoms with Crippen molar-refractivity contribution in [1.82, 2.24) is 15.3 Å². The summed E-state index contributed by atoms with van der Waals surface area (Å²) >= 11 is 0. The van der Waals surface area contributed by atoms with E-state index in [0.29, 0.717) is 17.8 Å². The number of fused-ring (bicyclic) bond motifs is 3. The highest BCUT2D eigenvalue weighted by Gasteiger charge is 2.17. The second kappa shape index (κ2) is 16.6.